The van der Waals surface area contributed by atoms with Gasteiger partial charge in [-0.2, -0.15) is 5.10 Å². The summed E-state index contributed by atoms with van der Waals surface area (Å²) in [4.78, 5) is 20.1. The van der Waals surface area contributed by atoms with Crippen LogP contribution in [0.1, 0.15) is 49.8 Å². The van der Waals surface area contributed by atoms with E-state index in [-0.39, 0.29) is 17.5 Å². The summed E-state index contributed by atoms with van der Waals surface area (Å²) >= 11 is 0. The van der Waals surface area contributed by atoms with Crippen molar-refractivity contribution in [3.05, 3.63) is 57.8 Å². The molecule has 0 amide bonds. The Bertz CT molecular complexity index is 957. The minimum atomic E-state index is -0.0330. The van der Waals surface area contributed by atoms with Crippen LogP contribution in [0.15, 0.2) is 35.1 Å². The molecule has 25 heavy (non-hydrogen) atoms. The van der Waals surface area contributed by atoms with Crippen molar-refractivity contribution in [3.63, 3.8) is 0 Å². The van der Waals surface area contributed by atoms with E-state index in [1.54, 1.807) is 4.57 Å². The Morgan fingerprint density at radius 1 is 1.20 bits per heavy atom. The first kappa shape index (κ1) is 16.0. The Morgan fingerprint density at radius 3 is 2.68 bits per heavy atom. The van der Waals surface area contributed by atoms with E-state index in [9.17, 15) is 4.79 Å². The zero-order chi connectivity index (χ0) is 17.6. The Labute approximate surface area is 146 Å². The summed E-state index contributed by atoms with van der Waals surface area (Å²) in [6.45, 7) is 8.63. The molecule has 4 rings (SSSR count). The summed E-state index contributed by atoms with van der Waals surface area (Å²) in [6.07, 6.45) is 0. The molecule has 6 nitrogen and oxygen atoms in total. The number of hydrogen-bond donors (Lipinski definition) is 1. The Hall–Kier alpha value is -2.47. The fourth-order valence-corrected chi connectivity index (χ4v) is 3.58. The number of rotatable bonds is 3. The van der Waals surface area contributed by atoms with Crippen molar-refractivity contribution in [1.29, 1.82) is 0 Å². The molecule has 1 unspecified atom stereocenters. The van der Waals surface area contributed by atoms with E-state index in [2.05, 4.69) is 60.1 Å². The van der Waals surface area contributed by atoms with Crippen LogP contribution in [0.25, 0.3) is 11.0 Å². The summed E-state index contributed by atoms with van der Waals surface area (Å²) in [5, 5.41) is 7.23. The third kappa shape index (κ3) is 2.66. The molecule has 6 heteroatoms. The first-order valence-corrected chi connectivity index (χ1v) is 8.83. The van der Waals surface area contributed by atoms with Crippen molar-refractivity contribution in [2.45, 2.75) is 45.8 Å². The van der Waals surface area contributed by atoms with Crippen molar-refractivity contribution in [3.8, 4) is 0 Å². The number of nitrogens with zero attached hydrogens (tertiary/aromatic N) is 4. The topological polar surface area (TPSA) is 66.8 Å². The van der Waals surface area contributed by atoms with Gasteiger partial charge in [-0.1, -0.05) is 44.2 Å². The number of aromatic nitrogens is 4. The molecule has 0 saturated heterocycles. The number of aromatic amines is 1. The molecule has 2 aromatic heterocycles. The molecule has 0 aliphatic carbocycles. The molecule has 0 bridgehead atoms. The highest BCUT2D eigenvalue weighted by atomic mass is 16.1. The van der Waals surface area contributed by atoms with Crippen LogP contribution in [0.4, 0.5) is 0 Å². The van der Waals surface area contributed by atoms with Gasteiger partial charge in [-0.05, 0) is 18.4 Å². The number of benzene rings is 1. The number of fused-ring (bicyclic) bond motifs is 2. The Balaban J connectivity index is 1.76. The van der Waals surface area contributed by atoms with E-state index >= 15 is 0 Å². The highest BCUT2D eigenvalue weighted by molar-refractivity contribution is 5.76. The molecule has 1 N–H and O–H groups in total. The molecule has 1 aliphatic heterocycles. The molecule has 3 aromatic rings. The van der Waals surface area contributed by atoms with Gasteiger partial charge in [0, 0.05) is 19.6 Å². The zero-order valence-corrected chi connectivity index (χ0v) is 14.9. The lowest BCUT2D eigenvalue weighted by Gasteiger charge is -2.34. The van der Waals surface area contributed by atoms with Gasteiger partial charge in [0.2, 0.25) is 0 Å². The van der Waals surface area contributed by atoms with Crippen LogP contribution < -0.4 is 5.56 Å². The number of H-pyrrole nitrogens is 1. The van der Waals surface area contributed by atoms with Crippen LogP contribution in [0.3, 0.4) is 0 Å². The maximum absolute atomic E-state index is 12.8. The Morgan fingerprint density at radius 2 is 1.96 bits per heavy atom. The summed E-state index contributed by atoms with van der Waals surface area (Å²) in [5.41, 5.74) is 3.35. The SMILES string of the molecule is CC(C)c1[nH]nc2c(=O)n3c(nc12)C(C)N(Cc1ccccc1)CC3. The van der Waals surface area contributed by atoms with Gasteiger partial charge in [0.1, 0.15) is 11.3 Å². The normalized spacial score (nSPS) is 18.0. The molecular formula is C19H23N5O. The van der Waals surface area contributed by atoms with Crippen LogP contribution >= 0.6 is 0 Å². The third-order valence-electron chi connectivity index (χ3n) is 5.06. The van der Waals surface area contributed by atoms with Gasteiger partial charge in [-0.15, -0.1) is 0 Å². The molecule has 0 fully saturated rings. The summed E-state index contributed by atoms with van der Waals surface area (Å²) in [7, 11) is 0. The van der Waals surface area contributed by atoms with Crippen LogP contribution in [0, 0.1) is 0 Å². The molecule has 130 valence electrons. The van der Waals surface area contributed by atoms with Gasteiger partial charge >= 0.3 is 0 Å². The first-order valence-electron chi connectivity index (χ1n) is 8.83. The standard InChI is InChI=1S/C19H23N5O/c1-12(2)15-16-17(22-21-15)19(25)24-10-9-23(13(3)18(24)20-16)11-14-7-5-4-6-8-14/h4-8,12-13H,9-11H2,1-3H3,(H,21,22). The quantitative estimate of drug-likeness (QED) is 0.798. The first-order chi connectivity index (χ1) is 12.1. The predicted molar refractivity (Wildman–Crippen MR) is 97.5 cm³/mol. The fourth-order valence-electron chi connectivity index (χ4n) is 3.58. The maximum atomic E-state index is 12.8. The molecule has 1 aliphatic rings. The summed E-state index contributed by atoms with van der Waals surface area (Å²) in [6, 6.07) is 10.5. The smallest absolute Gasteiger partial charge is 0.282 e. The van der Waals surface area contributed by atoms with Gasteiger partial charge < -0.3 is 0 Å². The minimum Gasteiger partial charge on any atom is -0.292 e. The molecule has 0 saturated carbocycles. The van der Waals surface area contributed by atoms with Crippen molar-refractivity contribution in [2.75, 3.05) is 6.54 Å². The molecular weight excluding hydrogens is 314 g/mol. The van der Waals surface area contributed by atoms with Crippen molar-refractivity contribution < 1.29 is 0 Å². The monoisotopic (exact) mass is 337 g/mol. The van der Waals surface area contributed by atoms with Gasteiger partial charge in [-0.3, -0.25) is 19.4 Å². The van der Waals surface area contributed by atoms with Crippen LogP contribution in [0.5, 0.6) is 0 Å². The van der Waals surface area contributed by atoms with E-state index < -0.39 is 0 Å². The van der Waals surface area contributed by atoms with Crippen molar-refractivity contribution in [2.24, 2.45) is 0 Å². The van der Waals surface area contributed by atoms with E-state index in [0.717, 1.165) is 30.1 Å². The lowest BCUT2D eigenvalue weighted by atomic mass is 10.1. The highest BCUT2D eigenvalue weighted by Gasteiger charge is 2.28. The predicted octanol–water partition coefficient (Wildman–Crippen LogP) is 2.82. The number of nitrogens with one attached hydrogen (secondary N) is 1. The van der Waals surface area contributed by atoms with Crippen molar-refractivity contribution in [1.82, 2.24) is 24.6 Å². The maximum Gasteiger partial charge on any atom is 0.282 e. The molecule has 1 atom stereocenters. The average Bonchev–Trinajstić information content (AvgIpc) is 3.03. The average molecular weight is 337 g/mol. The number of hydrogen-bond acceptors (Lipinski definition) is 4. The lowest BCUT2D eigenvalue weighted by Crippen LogP contribution is -2.42. The van der Waals surface area contributed by atoms with E-state index in [1.165, 1.54) is 5.56 Å². The van der Waals surface area contributed by atoms with Crippen LogP contribution in [-0.2, 0) is 13.1 Å². The summed E-state index contributed by atoms with van der Waals surface area (Å²) in [5.74, 6) is 1.09. The zero-order valence-electron chi connectivity index (χ0n) is 14.9. The Kier molecular flexibility index (Phi) is 3.92. The largest absolute Gasteiger partial charge is 0.292 e. The van der Waals surface area contributed by atoms with Crippen molar-refractivity contribution >= 4 is 11.0 Å². The van der Waals surface area contributed by atoms with Gasteiger partial charge in [-0.25, -0.2) is 4.98 Å². The highest BCUT2D eigenvalue weighted by Crippen LogP contribution is 2.27. The molecule has 1 aromatic carbocycles. The van der Waals surface area contributed by atoms with Crippen LogP contribution in [-0.4, -0.2) is 31.2 Å². The molecule has 3 heterocycles. The minimum absolute atomic E-state index is 0.0330. The van der Waals surface area contributed by atoms with Gasteiger partial charge in [0.15, 0.2) is 5.52 Å². The van der Waals surface area contributed by atoms with Gasteiger partial charge in [0.25, 0.3) is 5.56 Å². The van der Waals surface area contributed by atoms with E-state index in [4.69, 9.17) is 4.98 Å². The van der Waals surface area contributed by atoms with Crippen LogP contribution in [0.2, 0.25) is 0 Å². The van der Waals surface area contributed by atoms with Gasteiger partial charge in [0.05, 0.1) is 11.7 Å². The second-order valence-corrected chi connectivity index (χ2v) is 7.05. The van der Waals surface area contributed by atoms with E-state index in [0.29, 0.717) is 12.1 Å². The third-order valence-corrected chi connectivity index (χ3v) is 5.06. The molecule has 0 radical (unpaired) electrons. The van der Waals surface area contributed by atoms with E-state index in [1.807, 2.05) is 6.07 Å². The second kappa shape index (κ2) is 6.11. The lowest BCUT2D eigenvalue weighted by molar-refractivity contribution is 0.152. The second-order valence-electron chi connectivity index (χ2n) is 7.05. The fraction of sp³-hybridized carbons (Fsp3) is 0.421. The summed E-state index contributed by atoms with van der Waals surface area (Å²) < 4.78 is 1.79. The molecule has 0 spiro atoms.